The molecule has 0 radical (unpaired) electrons. The van der Waals surface area contributed by atoms with Crippen LogP contribution in [0.3, 0.4) is 0 Å². The van der Waals surface area contributed by atoms with Gasteiger partial charge in [0, 0.05) is 0 Å². The molecule has 0 aliphatic rings. The van der Waals surface area contributed by atoms with Crippen molar-refractivity contribution in [2.75, 3.05) is 13.2 Å². The first kappa shape index (κ1) is 24.6. The van der Waals surface area contributed by atoms with E-state index in [1.165, 1.54) is 11.0 Å². The molecule has 0 aromatic carbocycles. The Hall–Kier alpha value is -1.40. The highest BCUT2D eigenvalue weighted by Crippen LogP contribution is 2.36. The van der Waals surface area contributed by atoms with Crippen LogP contribution >= 0.6 is 0 Å². The van der Waals surface area contributed by atoms with Crippen LogP contribution < -0.4 is 0 Å². The Bertz CT molecular complexity index is 527. The molecule has 0 fully saturated rings. The van der Waals surface area contributed by atoms with Crippen molar-refractivity contribution >= 4 is 20.2 Å². The number of ether oxygens (including phenoxy) is 1. The maximum Gasteiger partial charge on any atom is 0.411 e. The number of amides is 1. The molecule has 150 valence electrons. The van der Waals surface area contributed by atoms with Crippen LogP contribution in [0.15, 0.2) is 24.8 Å². The van der Waals surface area contributed by atoms with Gasteiger partial charge in [-0.25, -0.2) is 4.79 Å². The monoisotopic (exact) mass is 383 g/mol. The van der Waals surface area contributed by atoms with Crippen LogP contribution in [-0.2, 0) is 14.0 Å². The zero-order valence-electron chi connectivity index (χ0n) is 18.0. The molecule has 0 aliphatic carbocycles. The third-order valence-electron chi connectivity index (χ3n) is 4.40. The normalized spacial score (nSPS) is 14.2. The minimum Gasteiger partial charge on any atom is -0.444 e. The molecule has 0 aliphatic heterocycles. The molecule has 0 aromatic rings. The van der Waals surface area contributed by atoms with Crippen molar-refractivity contribution < 1.29 is 18.8 Å². The van der Waals surface area contributed by atoms with Crippen LogP contribution in [0.2, 0.25) is 18.1 Å². The van der Waals surface area contributed by atoms with E-state index in [1.807, 2.05) is 0 Å². The average Bonchev–Trinajstić information content (AvgIpc) is 2.43. The average molecular weight is 384 g/mol. The second kappa shape index (κ2) is 9.51. The molecule has 5 nitrogen and oxygen atoms in total. The third kappa shape index (κ3) is 8.32. The minimum absolute atomic E-state index is 0.0518. The summed E-state index contributed by atoms with van der Waals surface area (Å²) in [5.41, 5.74) is -0.648. The number of ketones is 1. The highest BCUT2D eigenvalue weighted by Gasteiger charge is 2.38. The SMILES string of the molecule is C=CC(CO[Si](C)(C)C(C)(C)C)N(CC(=O)C=CC)C(=O)OC(C)(C)C. The Morgan fingerprint density at radius 3 is 2.08 bits per heavy atom. The lowest BCUT2D eigenvalue weighted by Gasteiger charge is -2.38. The number of allylic oxidation sites excluding steroid dienone is 1. The highest BCUT2D eigenvalue weighted by molar-refractivity contribution is 6.74. The fourth-order valence-corrected chi connectivity index (χ4v) is 2.86. The number of hydrogen-bond donors (Lipinski definition) is 0. The summed E-state index contributed by atoms with van der Waals surface area (Å²) in [6, 6.07) is -0.437. The van der Waals surface area contributed by atoms with Crippen LogP contribution in [0.5, 0.6) is 0 Å². The lowest BCUT2D eigenvalue weighted by Crippen LogP contribution is -2.49. The van der Waals surface area contributed by atoms with Gasteiger partial charge in [0.1, 0.15) is 5.60 Å². The van der Waals surface area contributed by atoms with E-state index < -0.39 is 26.1 Å². The van der Waals surface area contributed by atoms with Gasteiger partial charge in [0.15, 0.2) is 14.1 Å². The van der Waals surface area contributed by atoms with E-state index in [-0.39, 0.29) is 17.4 Å². The predicted octanol–water partition coefficient (Wildman–Crippen LogP) is 4.95. The van der Waals surface area contributed by atoms with Gasteiger partial charge in [0.05, 0.1) is 19.2 Å². The lowest BCUT2D eigenvalue weighted by molar-refractivity contribution is -0.116. The molecular weight excluding hydrogens is 346 g/mol. The summed E-state index contributed by atoms with van der Waals surface area (Å²) >= 11 is 0. The summed E-state index contributed by atoms with van der Waals surface area (Å²) in [6.45, 7) is 22.0. The summed E-state index contributed by atoms with van der Waals surface area (Å²) < 4.78 is 11.7. The van der Waals surface area contributed by atoms with Gasteiger partial charge in [0.25, 0.3) is 0 Å². The van der Waals surface area contributed by atoms with Gasteiger partial charge in [-0.3, -0.25) is 9.69 Å². The van der Waals surface area contributed by atoms with E-state index in [0.29, 0.717) is 6.61 Å². The van der Waals surface area contributed by atoms with Gasteiger partial charge < -0.3 is 9.16 Å². The van der Waals surface area contributed by atoms with Gasteiger partial charge in [-0.1, -0.05) is 32.9 Å². The maximum atomic E-state index is 12.7. The summed E-state index contributed by atoms with van der Waals surface area (Å²) in [7, 11) is -1.99. The quantitative estimate of drug-likeness (QED) is 0.338. The number of carbonyl (C=O) groups excluding carboxylic acids is 2. The molecule has 0 spiro atoms. The Morgan fingerprint density at radius 2 is 1.69 bits per heavy atom. The van der Waals surface area contributed by atoms with Gasteiger partial charge in [-0.15, -0.1) is 6.58 Å². The Labute approximate surface area is 160 Å². The van der Waals surface area contributed by atoms with Crippen molar-refractivity contribution in [3.05, 3.63) is 24.8 Å². The summed E-state index contributed by atoms with van der Waals surface area (Å²) in [4.78, 5) is 26.2. The van der Waals surface area contributed by atoms with Crippen molar-refractivity contribution in [2.24, 2.45) is 0 Å². The molecule has 0 bridgehead atoms. The molecule has 1 atom stereocenters. The second-order valence-electron chi connectivity index (χ2n) is 8.95. The van der Waals surface area contributed by atoms with Crippen LogP contribution in [0.25, 0.3) is 0 Å². The molecule has 1 amide bonds. The molecule has 0 rings (SSSR count). The first-order chi connectivity index (χ1) is 11.6. The van der Waals surface area contributed by atoms with Gasteiger partial charge in [-0.05, 0) is 51.9 Å². The van der Waals surface area contributed by atoms with E-state index in [0.717, 1.165) is 0 Å². The smallest absolute Gasteiger partial charge is 0.411 e. The van der Waals surface area contributed by atoms with Gasteiger partial charge >= 0.3 is 6.09 Å². The minimum atomic E-state index is -1.99. The molecule has 0 N–H and O–H groups in total. The van der Waals surface area contributed by atoms with Crippen molar-refractivity contribution in [1.29, 1.82) is 0 Å². The molecule has 0 aromatic heterocycles. The van der Waals surface area contributed by atoms with Crippen LogP contribution in [0.4, 0.5) is 4.79 Å². The predicted molar refractivity (Wildman–Crippen MR) is 110 cm³/mol. The van der Waals surface area contributed by atoms with Crippen LogP contribution in [0.1, 0.15) is 48.5 Å². The third-order valence-corrected chi connectivity index (χ3v) is 8.90. The molecule has 0 saturated carbocycles. The van der Waals surface area contributed by atoms with E-state index in [4.69, 9.17) is 9.16 Å². The van der Waals surface area contributed by atoms with Gasteiger partial charge in [0.2, 0.25) is 0 Å². The Balaban J connectivity index is 5.43. The van der Waals surface area contributed by atoms with Crippen LogP contribution in [0, 0.1) is 0 Å². The Morgan fingerprint density at radius 1 is 1.15 bits per heavy atom. The van der Waals surface area contributed by atoms with Gasteiger partial charge in [-0.2, -0.15) is 0 Å². The first-order valence-electron chi connectivity index (χ1n) is 9.06. The Kier molecular flexibility index (Phi) is 9.00. The zero-order valence-corrected chi connectivity index (χ0v) is 19.0. The summed E-state index contributed by atoms with van der Waals surface area (Å²) in [5.74, 6) is -0.169. The molecule has 1 unspecified atom stereocenters. The van der Waals surface area contributed by atoms with E-state index in [1.54, 1.807) is 39.8 Å². The second-order valence-corrected chi connectivity index (χ2v) is 13.8. The number of nitrogens with zero attached hydrogens (tertiary/aromatic N) is 1. The number of hydrogen-bond acceptors (Lipinski definition) is 4. The molecule has 6 heteroatoms. The summed E-state index contributed by atoms with van der Waals surface area (Å²) in [6.07, 6.45) is 4.20. The van der Waals surface area contributed by atoms with E-state index >= 15 is 0 Å². The van der Waals surface area contributed by atoms with Crippen molar-refractivity contribution in [1.82, 2.24) is 4.90 Å². The topological polar surface area (TPSA) is 55.8 Å². The summed E-state index contributed by atoms with van der Waals surface area (Å²) in [5, 5.41) is 0.0518. The van der Waals surface area contributed by atoms with Crippen molar-refractivity contribution in [2.45, 2.75) is 78.2 Å². The lowest BCUT2D eigenvalue weighted by atomic mass is 10.2. The molecule has 0 saturated heterocycles. The highest BCUT2D eigenvalue weighted by atomic mass is 28.4. The number of carbonyl (C=O) groups is 2. The fraction of sp³-hybridized carbons (Fsp3) is 0.700. The molecular formula is C20H37NO4Si. The fourth-order valence-electron chi connectivity index (χ4n) is 1.84. The van der Waals surface area contributed by atoms with Crippen molar-refractivity contribution in [3.8, 4) is 0 Å². The zero-order chi connectivity index (χ0) is 20.8. The molecule has 0 heterocycles. The number of rotatable bonds is 8. The van der Waals surface area contributed by atoms with Crippen molar-refractivity contribution in [3.63, 3.8) is 0 Å². The maximum absolute atomic E-state index is 12.7. The van der Waals surface area contributed by atoms with Crippen LogP contribution in [-0.4, -0.2) is 49.9 Å². The standard InChI is InChI=1S/C20H37NO4Si/c1-11-13-17(22)14-21(18(23)25-19(3,4)5)16(12-2)15-24-26(9,10)20(6,7)8/h11-13,16H,2,14-15H2,1,3-10H3. The van der Waals surface area contributed by atoms with E-state index in [9.17, 15) is 9.59 Å². The largest absolute Gasteiger partial charge is 0.444 e. The van der Waals surface area contributed by atoms with E-state index in [2.05, 4.69) is 40.4 Å². The molecule has 26 heavy (non-hydrogen) atoms. The first-order valence-corrected chi connectivity index (χ1v) is 12.0.